The van der Waals surface area contributed by atoms with Crippen molar-refractivity contribution in [3.05, 3.63) is 34.9 Å². The molecule has 1 aliphatic heterocycles. The Balaban J connectivity index is 1.64. The number of hydrazine groups is 1. The van der Waals surface area contributed by atoms with Crippen LogP contribution in [-0.2, 0) is 9.53 Å². The van der Waals surface area contributed by atoms with Crippen molar-refractivity contribution < 1.29 is 14.3 Å². The Hall–Kier alpha value is -2.19. The van der Waals surface area contributed by atoms with Gasteiger partial charge in [0.05, 0.1) is 23.7 Å². The molecule has 2 heterocycles. The quantitative estimate of drug-likeness (QED) is 0.698. The summed E-state index contributed by atoms with van der Waals surface area (Å²) in [6.45, 7) is 0.959. The number of rotatable bonds is 2. The summed E-state index contributed by atoms with van der Waals surface area (Å²) < 4.78 is 5.98. The van der Waals surface area contributed by atoms with Crippen LogP contribution in [0.4, 0.5) is 10.5 Å². The SMILES string of the molecule is O=C(NNC(=O)C1CCOC1)Nc1ccc(Br)c2ncccc12. The summed E-state index contributed by atoms with van der Waals surface area (Å²) in [5.74, 6) is -0.465. The predicted molar refractivity (Wildman–Crippen MR) is 88.7 cm³/mol. The van der Waals surface area contributed by atoms with E-state index in [2.05, 4.69) is 37.1 Å². The van der Waals surface area contributed by atoms with E-state index in [9.17, 15) is 9.59 Å². The van der Waals surface area contributed by atoms with E-state index in [1.807, 2.05) is 6.07 Å². The molecule has 3 N–H and O–H groups in total. The molecule has 1 unspecified atom stereocenters. The second-order valence-electron chi connectivity index (χ2n) is 5.12. The molecular formula is C15H15BrN4O3. The zero-order valence-corrected chi connectivity index (χ0v) is 13.7. The van der Waals surface area contributed by atoms with Crippen molar-refractivity contribution in [2.24, 2.45) is 5.92 Å². The summed E-state index contributed by atoms with van der Waals surface area (Å²) >= 11 is 3.43. The molecular weight excluding hydrogens is 364 g/mol. The molecule has 23 heavy (non-hydrogen) atoms. The van der Waals surface area contributed by atoms with Gasteiger partial charge >= 0.3 is 6.03 Å². The number of anilines is 1. The van der Waals surface area contributed by atoms with Crippen molar-refractivity contribution in [1.82, 2.24) is 15.8 Å². The van der Waals surface area contributed by atoms with Crippen molar-refractivity contribution in [1.29, 1.82) is 0 Å². The normalized spacial score (nSPS) is 17.0. The number of urea groups is 1. The van der Waals surface area contributed by atoms with Gasteiger partial charge in [0.25, 0.3) is 0 Å². The van der Waals surface area contributed by atoms with Gasteiger partial charge in [-0.1, -0.05) is 0 Å². The fourth-order valence-electron chi connectivity index (χ4n) is 2.36. The van der Waals surface area contributed by atoms with Crippen LogP contribution in [0.25, 0.3) is 10.9 Å². The number of hydrogen-bond acceptors (Lipinski definition) is 4. The first-order valence-corrected chi connectivity index (χ1v) is 7.92. The molecule has 0 aliphatic carbocycles. The average Bonchev–Trinajstić information content (AvgIpc) is 3.10. The van der Waals surface area contributed by atoms with Crippen LogP contribution in [0.2, 0.25) is 0 Å². The number of carbonyl (C=O) groups is 2. The van der Waals surface area contributed by atoms with Gasteiger partial charge in [0.1, 0.15) is 0 Å². The van der Waals surface area contributed by atoms with Gasteiger partial charge in [0.2, 0.25) is 5.91 Å². The van der Waals surface area contributed by atoms with Crippen LogP contribution in [0.5, 0.6) is 0 Å². The third kappa shape index (κ3) is 3.59. The summed E-state index contributed by atoms with van der Waals surface area (Å²) in [4.78, 5) is 28.0. The lowest BCUT2D eigenvalue weighted by Crippen LogP contribution is -2.46. The largest absolute Gasteiger partial charge is 0.381 e. The van der Waals surface area contributed by atoms with Crippen molar-refractivity contribution in [2.45, 2.75) is 6.42 Å². The highest BCUT2D eigenvalue weighted by Crippen LogP contribution is 2.28. The van der Waals surface area contributed by atoms with Crippen LogP contribution < -0.4 is 16.2 Å². The molecule has 2 aromatic rings. The minimum atomic E-state index is -0.523. The van der Waals surface area contributed by atoms with Crippen LogP contribution in [0.3, 0.4) is 0 Å². The number of halogens is 1. The average molecular weight is 379 g/mol. The Labute approximate surface area is 140 Å². The molecule has 3 amide bonds. The molecule has 3 rings (SSSR count). The van der Waals surface area contributed by atoms with Gasteiger partial charge in [-0.25, -0.2) is 10.2 Å². The van der Waals surface area contributed by atoms with E-state index < -0.39 is 6.03 Å². The number of aromatic nitrogens is 1. The van der Waals surface area contributed by atoms with E-state index in [1.54, 1.807) is 24.4 Å². The maximum absolute atomic E-state index is 12.0. The molecule has 8 heteroatoms. The minimum absolute atomic E-state index is 0.215. The van der Waals surface area contributed by atoms with Crippen LogP contribution in [0.15, 0.2) is 34.9 Å². The maximum Gasteiger partial charge on any atom is 0.337 e. The van der Waals surface area contributed by atoms with Gasteiger partial charge < -0.3 is 10.1 Å². The van der Waals surface area contributed by atoms with Crippen molar-refractivity contribution in [3.63, 3.8) is 0 Å². The van der Waals surface area contributed by atoms with Crippen molar-refractivity contribution in [3.8, 4) is 0 Å². The molecule has 0 bridgehead atoms. The molecule has 1 saturated heterocycles. The van der Waals surface area contributed by atoms with Crippen LogP contribution in [0.1, 0.15) is 6.42 Å². The lowest BCUT2D eigenvalue weighted by Gasteiger charge is -2.13. The third-order valence-electron chi connectivity index (χ3n) is 3.57. The first kappa shape index (κ1) is 15.7. The summed E-state index contributed by atoms with van der Waals surface area (Å²) in [6, 6.07) is 6.70. The van der Waals surface area contributed by atoms with E-state index in [-0.39, 0.29) is 11.8 Å². The Morgan fingerprint density at radius 3 is 2.91 bits per heavy atom. The Bertz CT molecular complexity index is 747. The topological polar surface area (TPSA) is 92.4 Å². The van der Waals surface area contributed by atoms with E-state index in [1.165, 1.54) is 0 Å². The van der Waals surface area contributed by atoms with E-state index in [4.69, 9.17) is 4.74 Å². The zero-order valence-electron chi connectivity index (χ0n) is 12.1. The molecule has 0 saturated carbocycles. The van der Waals surface area contributed by atoms with Gasteiger partial charge in [-0.15, -0.1) is 0 Å². The summed E-state index contributed by atoms with van der Waals surface area (Å²) in [5, 5.41) is 3.50. The van der Waals surface area contributed by atoms with Gasteiger partial charge in [0, 0.05) is 22.7 Å². The van der Waals surface area contributed by atoms with Crippen molar-refractivity contribution >= 4 is 44.5 Å². The molecule has 1 aliphatic rings. The van der Waals surface area contributed by atoms with E-state index in [0.29, 0.717) is 25.3 Å². The predicted octanol–water partition coefficient (Wildman–Crippen LogP) is 2.19. The Morgan fingerprint density at radius 2 is 2.13 bits per heavy atom. The highest BCUT2D eigenvalue weighted by Gasteiger charge is 2.23. The molecule has 7 nitrogen and oxygen atoms in total. The van der Waals surface area contributed by atoms with Crippen molar-refractivity contribution in [2.75, 3.05) is 18.5 Å². The fourth-order valence-corrected chi connectivity index (χ4v) is 2.81. The Kier molecular flexibility index (Phi) is 4.73. The first-order valence-electron chi connectivity index (χ1n) is 7.13. The number of amides is 3. The van der Waals surface area contributed by atoms with Crippen LogP contribution >= 0.6 is 15.9 Å². The highest BCUT2D eigenvalue weighted by atomic mass is 79.9. The van der Waals surface area contributed by atoms with Gasteiger partial charge in [-0.3, -0.25) is 15.2 Å². The first-order chi connectivity index (χ1) is 11.1. The number of hydrogen-bond donors (Lipinski definition) is 3. The number of nitrogens with zero attached hydrogens (tertiary/aromatic N) is 1. The second kappa shape index (κ2) is 6.93. The summed E-state index contributed by atoms with van der Waals surface area (Å²) in [5.41, 5.74) is 6.10. The lowest BCUT2D eigenvalue weighted by molar-refractivity contribution is -0.125. The fraction of sp³-hybridized carbons (Fsp3) is 0.267. The summed E-state index contributed by atoms with van der Waals surface area (Å²) in [6.07, 6.45) is 2.35. The number of pyridine rings is 1. The van der Waals surface area contributed by atoms with E-state index >= 15 is 0 Å². The number of nitrogens with one attached hydrogen (secondary N) is 3. The molecule has 120 valence electrons. The molecule has 1 atom stereocenters. The maximum atomic E-state index is 12.0. The second-order valence-corrected chi connectivity index (χ2v) is 5.98. The lowest BCUT2D eigenvalue weighted by atomic mass is 10.1. The minimum Gasteiger partial charge on any atom is -0.381 e. The van der Waals surface area contributed by atoms with Crippen LogP contribution in [-0.4, -0.2) is 30.1 Å². The molecule has 1 aromatic carbocycles. The van der Waals surface area contributed by atoms with Gasteiger partial charge in [0.15, 0.2) is 0 Å². The van der Waals surface area contributed by atoms with Gasteiger partial charge in [-0.2, -0.15) is 0 Å². The molecule has 1 fully saturated rings. The number of ether oxygens (including phenoxy) is 1. The molecule has 0 spiro atoms. The summed E-state index contributed by atoms with van der Waals surface area (Å²) in [7, 11) is 0. The van der Waals surface area contributed by atoms with Crippen LogP contribution in [0, 0.1) is 5.92 Å². The number of carbonyl (C=O) groups excluding carboxylic acids is 2. The Morgan fingerprint density at radius 1 is 1.26 bits per heavy atom. The molecule has 0 radical (unpaired) electrons. The van der Waals surface area contributed by atoms with Gasteiger partial charge in [-0.05, 0) is 46.6 Å². The zero-order chi connectivity index (χ0) is 16.2. The number of fused-ring (bicyclic) bond motifs is 1. The highest BCUT2D eigenvalue weighted by molar-refractivity contribution is 9.10. The number of benzene rings is 1. The standard InChI is InChI=1S/C15H15BrN4O3/c16-11-3-4-12(10-2-1-6-17-13(10)11)18-15(22)20-19-14(21)9-5-7-23-8-9/h1-4,6,9H,5,7-8H2,(H,19,21)(H2,18,20,22). The van der Waals surface area contributed by atoms with E-state index in [0.717, 1.165) is 15.4 Å². The molecule has 1 aromatic heterocycles. The third-order valence-corrected chi connectivity index (χ3v) is 4.21. The smallest absolute Gasteiger partial charge is 0.337 e. The monoisotopic (exact) mass is 378 g/mol.